The number of hydrogen-bond acceptors (Lipinski definition) is 3. The Morgan fingerprint density at radius 2 is 1.95 bits per heavy atom. The van der Waals surface area contributed by atoms with Crippen LogP contribution in [0.1, 0.15) is 25.3 Å². The lowest BCUT2D eigenvalue weighted by atomic mass is 10.1. The average Bonchev–Trinajstić information content (AvgIpc) is 2.27. The molecule has 0 spiro atoms. The first-order valence-electron chi connectivity index (χ1n) is 5.63. The largest absolute Gasteiger partial charge is 0.418 e. The zero-order chi connectivity index (χ0) is 14.7. The van der Waals surface area contributed by atoms with Crippen molar-refractivity contribution in [1.82, 2.24) is 0 Å². The predicted molar refractivity (Wildman–Crippen MR) is 68.2 cm³/mol. The van der Waals surface area contributed by atoms with Gasteiger partial charge < -0.3 is 5.73 Å². The lowest BCUT2D eigenvalue weighted by molar-refractivity contribution is -0.136. The lowest BCUT2D eigenvalue weighted by Crippen LogP contribution is -2.17. The summed E-state index contributed by atoms with van der Waals surface area (Å²) in [6, 6.07) is 2.92. The second-order valence-electron chi connectivity index (χ2n) is 4.07. The van der Waals surface area contributed by atoms with Crippen molar-refractivity contribution >= 4 is 21.4 Å². The monoisotopic (exact) mass is 296 g/mol. The number of sulfonamides is 1. The van der Waals surface area contributed by atoms with E-state index in [0.717, 1.165) is 6.07 Å². The van der Waals surface area contributed by atoms with Gasteiger partial charge in [-0.2, -0.15) is 13.2 Å². The third-order valence-corrected chi connectivity index (χ3v) is 3.77. The van der Waals surface area contributed by atoms with E-state index in [1.54, 1.807) is 0 Å². The maximum Gasteiger partial charge on any atom is 0.418 e. The van der Waals surface area contributed by atoms with E-state index in [9.17, 15) is 21.6 Å². The van der Waals surface area contributed by atoms with Gasteiger partial charge in [-0.15, -0.1) is 0 Å². The number of halogens is 3. The van der Waals surface area contributed by atoms with Gasteiger partial charge in [0.15, 0.2) is 0 Å². The molecule has 0 saturated heterocycles. The molecular weight excluding hydrogens is 281 g/mol. The summed E-state index contributed by atoms with van der Waals surface area (Å²) < 4.78 is 63.1. The van der Waals surface area contributed by atoms with Crippen LogP contribution < -0.4 is 10.5 Å². The number of hydrogen-bond donors (Lipinski definition) is 2. The molecule has 0 bridgehead atoms. The van der Waals surface area contributed by atoms with Gasteiger partial charge in [0.2, 0.25) is 10.0 Å². The van der Waals surface area contributed by atoms with Gasteiger partial charge in [0, 0.05) is 11.4 Å². The van der Waals surface area contributed by atoms with E-state index < -0.39 is 27.5 Å². The third kappa shape index (κ3) is 4.62. The highest BCUT2D eigenvalue weighted by atomic mass is 32.2. The molecule has 0 aromatic heterocycles. The van der Waals surface area contributed by atoms with E-state index in [-0.39, 0.29) is 11.4 Å². The Hall–Kier alpha value is -1.44. The summed E-state index contributed by atoms with van der Waals surface area (Å²) >= 11 is 0. The van der Waals surface area contributed by atoms with Crippen LogP contribution in [0.25, 0.3) is 0 Å². The molecule has 1 aromatic carbocycles. The first-order valence-corrected chi connectivity index (χ1v) is 7.28. The van der Waals surface area contributed by atoms with Gasteiger partial charge in [-0.1, -0.05) is 13.3 Å². The van der Waals surface area contributed by atoms with Gasteiger partial charge in [-0.25, -0.2) is 8.42 Å². The number of nitrogens with one attached hydrogen (secondary N) is 1. The van der Waals surface area contributed by atoms with Gasteiger partial charge >= 0.3 is 6.18 Å². The minimum absolute atomic E-state index is 0.130. The van der Waals surface area contributed by atoms with Crippen LogP contribution in [0.15, 0.2) is 18.2 Å². The van der Waals surface area contributed by atoms with Crippen molar-refractivity contribution in [3.63, 3.8) is 0 Å². The molecule has 0 aliphatic carbocycles. The molecule has 1 rings (SSSR count). The highest BCUT2D eigenvalue weighted by Crippen LogP contribution is 2.35. The summed E-state index contributed by atoms with van der Waals surface area (Å²) in [7, 11) is -3.63. The van der Waals surface area contributed by atoms with E-state index >= 15 is 0 Å². The number of unbranched alkanes of at least 4 members (excludes halogenated alkanes) is 1. The number of rotatable bonds is 5. The van der Waals surface area contributed by atoms with E-state index in [2.05, 4.69) is 4.72 Å². The summed E-state index contributed by atoms with van der Waals surface area (Å²) in [5.74, 6) is -0.130. The molecule has 8 heteroatoms. The van der Waals surface area contributed by atoms with Crippen molar-refractivity contribution in [2.24, 2.45) is 0 Å². The van der Waals surface area contributed by atoms with Crippen LogP contribution in [0.3, 0.4) is 0 Å². The standard InChI is InChI=1S/C11H15F3N2O2S/c1-2-3-6-19(17,18)16-8-4-5-10(15)9(7-8)11(12,13)14/h4-5,7,16H,2-3,6,15H2,1H3. The number of nitrogens with two attached hydrogens (primary N) is 1. The Morgan fingerprint density at radius 3 is 2.47 bits per heavy atom. The normalized spacial score (nSPS) is 12.4. The molecule has 0 radical (unpaired) electrons. The molecule has 0 heterocycles. The van der Waals surface area contributed by atoms with Crippen LogP contribution >= 0.6 is 0 Å². The first-order chi connectivity index (χ1) is 8.65. The SMILES string of the molecule is CCCCS(=O)(=O)Nc1ccc(N)c(C(F)(F)F)c1. The molecule has 0 saturated carbocycles. The van der Waals surface area contributed by atoms with Crippen molar-refractivity contribution in [2.75, 3.05) is 16.2 Å². The molecule has 0 aliphatic heterocycles. The highest BCUT2D eigenvalue weighted by Gasteiger charge is 2.33. The van der Waals surface area contributed by atoms with Crippen LogP contribution in [0.5, 0.6) is 0 Å². The number of nitrogen functional groups attached to an aromatic ring is 1. The minimum Gasteiger partial charge on any atom is -0.398 e. The molecule has 0 aliphatic rings. The smallest absolute Gasteiger partial charge is 0.398 e. The quantitative estimate of drug-likeness (QED) is 0.821. The van der Waals surface area contributed by atoms with E-state index in [4.69, 9.17) is 5.73 Å². The molecule has 0 unspecified atom stereocenters. The van der Waals surface area contributed by atoms with Crippen molar-refractivity contribution in [3.05, 3.63) is 23.8 Å². The number of alkyl halides is 3. The second kappa shape index (κ2) is 5.68. The zero-order valence-corrected chi connectivity index (χ0v) is 11.1. The van der Waals surface area contributed by atoms with Gasteiger partial charge in [0.1, 0.15) is 0 Å². The first kappa shape index (κ1) is 15.6. The maximum atomic E-state index is 12.6. The summed E-state index contributed by atoms with van der Waals surface area (Å²) in [6.07, 6.45) is -3.50. The fourth-order valence-corrected chi connectivity index (χ4v) is 2.69. The third-order valence-electron chi connectivity index (χ3n) is 2.40. The summed E-state index contributed by atoms with van der Waals surface area (Å²) in [4.78, 5) is 0. The molecule has 0 fully saturated rings. The van der Waals surface area contributed by atoms with Gasteiger partial charge in [-0.05, 0) is 24.6 Å². The minimum atomic E-state index is -4.62. The van der Waals surface area contributed by atoms with Crippen LogP contribution in [-0.4, -0.2) is 14.2 Å². The summed E-state index contributed by atoms with van der Waals surface area (Å²) in [5, 5.41) is 0. The van der Waals surface area contributed by atoms with Crippen LogP contribution in [0.4, 0.5) is 24.5 Å². The fraction of sp³-hybridized carbons (Fsp3) is 0.455. The van der Waals surface area contributed by atoms with E-state index in [0.29, 0.717) is 18.9 Å². The molecule has 0 atom stereocenters. The number of benzene rings is 1. The molecule has 3 N–H and O–H groups in total. The maximum absolute atomic E-state index is 12.6. The Morgan fingerprint density at radius 1 is 1.32 bits per heavy atom. The van der Waals surface area contributed by atoms with Crippen molar-refractivity contribution < 1.29 is 21.6 Å². The second-order valence-corrected chi connectivity index (χ2v) is 5.92. The van der Waals surface area contributed by atoms with Gasteiger partial charge in [0.25, 0.3) is 0 Å². The number of anilines is 2. The van der Waals surface area contributed by atoms with Crippen LogP contribution in [0, 0.1) is 0 Å². The Kier molecular flexibility index (Phi) is 4.67. The van der Waals surface area contributed by atoms with Crippen LogP contribution in [-0.2, 0) is 16.2 Å². The fourth-order valence-electron chi connectivity index (χ4n) is 1.43. The zero-order valence-electron chi connectivity index (χ0n) is 10.3. The van der Waals surface area contributed by atoms with Crippen molar-refractivity contribution in [3.8, 4) is 0 Å². The van der Waals surface area contributed by atoms with E-state index in [1.807, 2.05) is 6.92 Å². The van der Waals surface area contributed by atoms with Crippen molar-refractivity contribution in [2.45, 2.75) is 25.9 Å². The Balaban J connectivity index is 2.98. The van der Waals surface area contributed by atoms with Crippen molar-refractivity contribution in [1.29, 1.82) is 0 Å². The molecule has 1 aromatic rings. The molecule has 108 valence electrons. The topological polar surface area (TPSA) is 72.2 Å². The van der Waals surface area contributed by atoms with Crippen LogP contribution in [0.2, 0.25) is 0 Å². The van der Waals surface area contributed by atoms with Gasteiger partial charge in [0.05, 0.1) is 11.3 Å². The molecule has 19 heavy (non-hydrogen) atoms. The molecule has 4 nitrogen and oxygen atoms in total. The predicted octanol–water partition coefficient (Wildman–Crippen LogP) is 2.83. The highest BCUT2D eigenvalue weighted by molar-refractivity contribution is 7.92. The average molecular weight is 296 g/mol. The lowest BCUT2D eigenvalue weighted by Gasteiger charge is -2.13. The van der Waals surface area contributed by atoms with E-state index in [1.165, 1.54) is 6.07 Å². The molecule has 0 amide bonds. The molecular formula is C11H15F3N2O2S. The van der Waals surface area contributed by atoms with Gasteiger partial charge in [-0.3, -0.25) is 4.72 Å². The summed E-state index contributed by atoms with van der Waals surface area (Å²) in [5.41, 5.74) is 3.59. The Bertz CT molecular complexity index is 541. The Labute approximate surface area is 109 Å². The summed E-state index contributed by atoms with van der Waals surface area (Å²) in [6.45, 7) is 1.82.